The van der Waals surface area contributed by atoms with E-state index >= 15 is 0 Å². The second-order valence-corrected chi connectivity index (χ2v) is 7.37. The van der Waals surface area contributed by atoms with Gasteiger partial charge in [0.25, 0.3) is 5.91 Å². The van der Waals surface area contributed by atoms with Gasteiger partial charge < -0.3 is 41.8 Å². The van der Waals surface area contributed by atoms with Gasteiger partial charge in [0.1, 0.15) is 18.5 Å². The van der Waals surface area contributed by atoms with Crippen LogP contribution in [0.15, 0.2) is 30.5 Å². The van der Waals surface area contributed by atoms with Crippen LogP contribution in [0.4, 0.5) is 11.6 Å². The van der Waals surface area contributed by atoms with Crippen LogP contribution >= 0.6 is 11.6 Å². The lowest BCUT2D eigenvalue weighted by molar-refractivity contribution is -0.159. The molecule has 2 aromatic heterocycles. The minimum absolute atomic E-state index is 0.0506. The van der Waals surface area contributed by atoms with Crippen molar-refractivity contribution in [2.45, 2.75) is 19.2 Å². The molecule has 3 rings (SSSR count). The molecule has 14 nitrogen and oxygen atoms in total. The number of nitrogen functional groups attached to an aromatic ring is 2. The Balaban J connectivity index is 0.000000641. The molecule has 0 aliphatic carbocycles. The maximum absolute atomic E-state index is 12.3. The third-order valence-electron chi connectivity index (χ3n) is 4.30. The van der Waals surface area contributed by atoms with Crippen LogP contribution in [0.25, 0.3) is 10.9 Å². The molecule has 2 atom stereocenters. The number of anilines is 2. The molecule has 0 radical (unpaired) electrons. The molecule has 0 fully saturated rings. The predicted molar refractivity (Wildman–Crippen MR) is 126 cm³/mol. The second kappa shape index (κ2) is 12.4. The normalized spacial score (nSPS) is 12.2. The number of aliphatic carboxylic acids is 2. The van der Waals surface area contributed by atoms with E-state index in [1.165, 1.54) is 0 Å². The molecule has 0 saturated heterocycles. The number of carboxylic acid groups (broad SMARTS) is 2. The lowest BCUT2D eigenvalue weighted by atomic mass is 10.2. The summed E-state index contributed by atoms with van der Waals surface area (Å²) in [4.78, 5) is 41.2. The van der Waals surface area contributed by atoms with E-state index in [4.69, 9.17) is 47.6 Å². The Kier molecular flexibility index (Phi) is 9.57. The SMILES string of the molecule is CC(NCC(O)COc1cccc2[nH]ccc12)NC(=O)c1nc(Cl)c(N)nc1N.O=C(O)C(=O)O. The average Bonchev–Trinajstić information content (AvgIpc) is 3.28. The van der Waals surface area contributed by atoms with Gasteiger partial charge in [-0.25, -0.2) is 19.6 Å². The molecule has 2 unspecified atom stereocenters. The Hall–Kier alpha value is -4.14. The number of carbonyl (C=O) groups excluding carboxylic acids is 1. The maximum Gasteiger partial charge on any atom is 0.414 e. The van der Waals surface area contributed by atoms with Crippen molar-refractivity contribution in [3.8, 4) is 5.75 Å². The topological polar surface area (TPSA) is 239 Å². The van der Waals surface area contributed by atoms with Crippen molar-refractivity contribution < 1.29 is 34.4 Å². The number of ether oxygens (including phenoxy) is 1. The largest absolute Gasteiger partial charge is 0.490 e. The van der Waals surface area contributed by atoms with Crippen LogP contribution in [-0.2, 0) is 9.59 Å². The van der Waals surface area contributed by atoms with Crippen LogP contribution in [0.1, 0.15) is 17.4 Å². The summed E-state index contributed by atoms with van der Waals surface area (Å²) in [5.41, 5.74) is 12.0. The highest BCUT2D eigenvalue weighted by Crippen LogP contribution is 2.24. The Labute approximate surface area is 203 Å². The first-order valence-corrected chi connectivity index (χ1v) is 10.3. The predicted octanol–water partition coefficient (Wildman–Crippen LogP) is 0.0366. The number of carbonyl (C=O) groups is 3. The summed E-state index contributed by atoms with van der Waals surface area (Å²) in [6.07, 6.45) is 0.549. The molecule has 15 heteroatoms. The van der Waals surface area contributed by atoms with Gasteiger partial charge in [-0.3, -0.25) is 10.1 Å². The number of H-pyrrole nitrogens is 1. The highest BCUT2D eigenvalue weighted by atomic mass is 35.5. The molecule has 1 aromatic carbocycles. The first-order chi connectivity index (χ1) is 16.5. The summed E-state index contributed by atoms with van der Waals surface area (Å²) in [6, 6.07) is 7.55. The van der Waals surface area contributed by atoms with Gasteiger partial charge in [-0.1, -0.05) is 17.7 Å². The molecule has 3 aromatic rings. The Morgan fingerprint density at radius 3 is 2.49 bits per heavy atom. The summed E-state index contributed by atoms with van der Waals surface area (Å²) in [5.74, 6) is -3.71. The number of benzene rings is 1. The van der Waals surface area contributed by atoms with Gasteiger partial charge >= 0.3 is 11.9 Å². The smallest absolute Gasteiger partial charge is 0.414 e. The van der Waals surface area contributed by atoms with Crippen LogP contribution in [0.5, 0.6) is 5.75 Å². The number of nitrogens with two attached hydrogens (primary N) is 2. The first-order valence-electron chi connectivity index (χ1n) is 9.95. The Morgan fingerprint density at radius 1 is 1.14 bits per heavy atom. The number of amides is 1. The van der Waals surface area contributed by atoms with Crippen molar-refractivity contribution in [3.05, 3.63) is 41.3 Å². The van der Waals surface area contributed by atoms with E-state index in [9.17, 15) is 9.90 Å². The van der Waals surface area contributed by atoms with Gasteiger partial charge in [0.05, 0.1) is 6.17 Å². The van der Waals surface area contributed by atoms with E-state index in [2.05, 4.69) is 25.6 Å². The van der Waals surface area contributed by atoms with E-state index in [0.29, 0.717) is 5.75 Å². The molecule has 188 valence electrons. The number of hydrogen-bond acceptors (Lipinski definition) is 10. The second-order valence-electron chi connectivity index (χ2n) is 7.01. The molecule has 0 spiro atoms. The van der Waals surface area contributed by atoms with E-state index < -0.39 is 30.1 Å². The van der Waals surface area contributed by atoms with Crippen molar-refractivity contribution in [2.75, 3.05) is 24.6 Å². The number of halogens is 1. The third-order valence-corrected chi connectivity index (χ3v) is 4.57. The number of carboxylic acids is 2. The number of rotatable bonds is 8. The number of fused-ring (bicyclic) bond motifs is 1. The summed E-state index contributed by atoms with van der Waals surface area (Å²) >= 11 is 5.78. The van der Waals surface area contributed by atoms with E-state index in [0.717, 1.165) is 10.9 Å². The fourth-order valence-electron chi connectivity index (χ4n) is 2.66. The van der Waals surface area contributed by atoms with Gasteiger partial charge in [-0.15, -0.1) is 0 Å². The lowest BCUT2D eigenvalue weighted by Crippen LogP contribution is -2.47. The Morgan fingerprint density at radius 2 is 1.83 bits per heavy atom. The standard InChI is InChI=1S/C18H22ClN7O3.C2H2O4/c1-9(24-18(28)14-16(20)26-17(21)15(19)25-14)23-7-10(27)8-29-13-4-2-3-12-11(13)5-6-22-12;3-1(4)2(5)6/h2-6,9-10,22-23,27H,7-8H2,1H3,(H,24,28)(H4,20,21,26);(H,3,4)(H,5,6). The monoisotopic (exact) mass is 509 g/mol. The van der Waals surface area contributed by atoms with Gasteiger partial charge in [-0.2, -0.15) is 0 Å². The van der Waals surface area contributed by atoms with Crippen LogP contribution < -0.4 is 26.8 Å². The van der Waals surface area contributed by atoms with Crippen molar-refractivity contribution in [3.63, 3.8) is 0 Å². The highest BCUT2D eigenvalue weighted by molar-refractivity contribution is 6.31. The molecular formula is C20H24ClN7O7. The van der Waals surface area contributed by atoms with Crippen LogP contribution in [0, 0.1) is 0 Å². The lowest BCUT2D eigenvalue weighted by Gasteiger charge is -2.19. The van der Waals surface area contributed by atoms with Crippen LogP contribution in [0.3, 0.4) is 0 Å². The quantitative estimate of drug-likeness (QED) is 0.148. The van der Waals surface area contributed by atoms with Crippen LogP contribution in [-0.4, -0.2) is 73.5 Å². The molecule has 0 aliphatic heterocycles. The fraction of sp³-hybridized carbons (Fsp3) is 0.250. The number of aromatic nitrogens is 3. The number of aliphatic hydroxyl groups is 1. The highest BCUT2D eigenvalue weighted by Gasteiger charge is 2.18. The zero-order valence-corrected chi connectivity index (χ0v) is 19.1. The summed E-state index contributed by atoms with van der Waals surface area (Å²) < 4.78 is 5.70. The van der Waals surface area contributed by atoms with Gasteiger partial charge in [0, 0.05) is 23.6 Å². The number of hydrogen-bond donors (Lipinski definition) is 8. The van der Waals surface area contributed by atoms with Gasteiger partial charge in [0.15, 0.2) is 22.5 Å². The average molecular weight is 510 g/mol. The molecule has 10 N–H and O–H groups in total. The number of nitrogens with zero attached hydrogens (tertiary/aromatic N) is 2. The van der Waals surface area contributed by atoms with E-state index in [1.807, 2.05) is 30.5 Å². The number of aliphatic hydroxyl groups excluding tert-OH is 1. The van der Waals surface area contributed by atoms with Crippen molar-refractivity contribution in [1.29, 1.82) is 0 Å². The summed E-state index contributed by atoms with van der Waals surface area (Å²) in [6.45, 7) is 1.98. The number of nitrogens with one attached hydrogen (secondary N) is 3. The molecule has 0 saturated carbocycles. The minimum atomic E-state index is -1.82. The molecule has 0 aliphatic rings. The molecule has 35 heavy (non-hydrogen) atoms. The summed E-state index contributed by atoms with van der Waals surface area (Å²) in [5, 5.41) is 31.4. The Bertz CT molecular complexity index is 1190. The molecular weight excluding hydrogens is 486 g/mol. The van der Waals surface area contributed by atoms with E-state index in [1.54, 1.807) is 6.92 Å². The van der Waals surface area contributed by atoms with Gasteiger partial charge in [0.2, 0.25) is 0 Å². The fourth-order valence-corrected chi connectivity index (χ4v) is 2.79. The minimum Gasteiger partial charge on any atom is -0.490 e. The van der Waals surface area contributed by atoms with Gasteiger partial charge in [-0.05, 0) is 25.1 Å². The van der Waals surface area contributed by atoms with Crippen molar-refractivity contribution in [1.82, 2.24) is 25.6 Å². The van der Waals surface area contributed by atoms with E-state index in [-0.39, 0.29) is 35.6 Å². The first kappa shape index (κ1) is 27.1. The molecule has 0 bridgehead atoms. The van der Waals surface area contributed by atoms with Crippen molar-refractivity contribution in [2.24, 2.45) is 0 Å². The van der Waals surface area contributed by atoms with Crippen LogP contribution in [0.2, 0.25) is 5.15 Å². The van der Waals surface area contributed by atoms with Crippen molar-refractivity contribution >= 4 is 52.0 Å². The number of aromatic amines is 1. The third kappa shape index (κ3) is 7.99. The zero-order chi connectivity index (χ0) is 26.1. The molecule has 1 amide bonds. The molecule has 2 heterocycles. The summed E-state index contributed by atoms with van der Waals surface area (Å²) in [7, 11) is 0. The maximum atomic E-state index is 12.3. The zero-order valence-electron chi connectivity index (χ0n) is 18.4.